The van der Waals surface area contributed by atoms with E-state index in [0.29, 0.717) is 29.5 Å². The number of halogens is 2. The lowest BCUT2D eigenvalue weighted by atomic mass is 9.98. The van der Waals surface area contributed by atoms with Crippen molar-refractivity contribution in [3.63, 3.8) is 0 Å². The molecule has 1 aromatic carbocycles. The third-order valence-electron chi connectivity index (χ3n) is 5.94. The summed E-state index contributed by atoms with van der Waals surface area (Å²) in [4.78, 5) is 6.55. The number of benzene rings is 1. The van der Waals surface area contributed by atoms with Crippen LogP contribution in [-0.2, 0) is 0 Å². The fourth-order valence-electron chi connectivity index (χ4n) is 4.14. The van der Waals surface area contributed by atoms with Crippen LogP contribution in [0.5, 0.6) is 5.88 Å². The lowest BCUT2D eigenvalue weighted by molar-refractivity contribution is 0.292. The number of nitrogens with zero attached hydrogens (tertiary/aromatic N) is 2. The molecular weight excluding hydrogens is 382 g/mol. The number of allylic oxidation sites excluding steroid dienone is 4. The normalized spacial score (nSPS) is 18.0. The van der Waals surface area contributed by atoms with Gasteiger partial charge in [-0.2, -0.15) is 0 Å². The van der Waals surface area contributed by atoms with Crippen molar-refractivity contribution in [2.45, 2.75) is 32.2 Å². The number of hydrogen-bond donors (Lipinski definition) is 0. The molecule has 30 heavy (non-hydrogen) atoms. The highest BCUT2D eigenvalue weighted by molar-refractivity contribution is 5.78. The molecule has 2 aromatic rings. The Labute approximate surface area is 176 Å². The Morgan fingerprint density at radius 2 is 1.73 bits per heavy atom. The van der Waals surface area contributed by atoms with Crippen LogP contribution in [-0.4, -0.2) is 36.1 Å². The first kappa shape index (κ1) is 20.5. The molecule has 2 aliphatic rings. The summed E-state index contributed by atoms with van der Waals surface area (Å²) in [6.45, 7) is 4.45. The van der Waals surface area contributed by atoms with Crippen LogP contribution in [0, 0.1) is 11.6 Å². The average molecular weight is 408 g/mol. The van der Waals surface area contributed by atoms with Gasteiger partial charge < -0.3 is 4.74 Å². The largest absolute Gasteiger partial charge is 0.481 e. The quantitative estimate of drug-likeness (QED) is 0.626. The second-order valence-electron chi connectivity index (χ2n) is 7.75. The van der Waals surface area contributed by atoms with E-state index in [1.54, 1.807) is 12.1 Å². The van der Waals surface area contributed by atoms with Gasteiger partial charge in [-0.05, 0) is 68.6 Å². The Balaban J connectivity index is 1.57. The van der Waals surface area contributed by atoms with Gasteiger partial charge in [0.05, 0.1) is 7.11 Å². The zero-order valence-corrected chi connectivity index (χ0v) is 17.4. The standard InChI is InChI=1S/C25H26F2N2O/c1-17(29-12-3-4-13-29)18-6-5-7-19(9-8-18)21-14-24(27)22(15-23(21)26)20-10-11-25(30-2)28-16-20/h6-11,14-17H,3-5,12-13H2,1-2H3. The zero-order valence-electron chi connectivity index (χ0n) is 17.4. The van der Waals surface area contributed by atoms with E-state index in [4.69, 9.17) is 4.74 Å². The topological polar surface area (TPSA) is 25.4 Å². The minimum absolute atomic E-state index is 0.186. The molecule has 0 radical (unpaired) electrons. The average Bonchev–Trinajstić information content (AvgIpc) is 3.20. The summed E-state index contributed by atoms with van der Waals surface area (Å²) >= 11 is 0. The molecular formula is C25H26F2N2O. The monoisotopic (exact) mass is 408 g/mol. The van der Waals surface area contributed by atoms with Crippen LogP contribution in [0.4, 0.5) is 8.78 Å². The van der Waals surface area contributed by atoms with E-state index >= 15 is 0 Å². The second-order valence-corrected chi connectivity index (χ2v) is 7.75. The molecule has 2 heterocycles. The molecule has 1 unspecified atom stereocenters. The molecule has 1 aliphatic carbocycles. The molecule has 0 bridgehead atoms. The Morgan fingerprint density at radius 1 is 1.00 bits per heavy atom. The predicted molar refractivity (Wildman–Crippen MR) is 116 cm³/mol. The van der Waals surface area contributed by atoms with E-state index in [2.05, 4.69) is 22.9 Å². The highest BCUT2D eigenvalue weighted by Crippen LogP contribution is 2.31. The van der Waals surface area contributed by atoms with Gasteiger partial charge >= 0.3 is 0 Å². The Bertz CT molecular complexity index is 1000. The number of ether oxygens (including phenoxy) is 1. The van der Waals surface area contributed by atoms with Gasteiger partial charge in [0.2, 0.25) is 5.88 Å². The van der Waals surface area contributed by atoms with Gasteiger partial charge in [-0.3, -0.25) is 4.90 Å². The summed E-state index contributed by atoms with van der Waals surface area (Å²) in [6, 6.07) is 6.16. The van der Waals surface area contributed by atoms with E-state index in [1.807, 2.05) is 18.2 Å². The summed E-state index contributed by atoms with van der Waals surface area (Å²) < 4.78 is 34.9. The maximum atomic E-state index is 15.0. The molecule has 1 aliphatic heterocycles. The molecule has 0 N–H and O–H groups in total. The van der Waals surface area contributed by atoms with Crippen LogP contribution in [0.1, 0.15) is 31.7 Å². The van der Waals surface area contributed by atoms with E-state index < -0.39 is 11.6 Å². The maximum Gasteiger partial charge on any atom is 0.212 e. The highest BCUT2D eigenvalue weighted by atomic mass is 19.1. The molecule has 1 saturated heterocycles. The second kappa shape index (κ2) is 8.92. The molecule has 3 nitrogen and oxygen atoms in total. The first-order chi connectivity index (χ1) is 14.6. The van der Waals surface area contributed by atoms with Gasteiger partial charge in [0.25, 0.3) is 0 Å². The van der Waals surface area contributed by atoms with Crippen molar-refractivity contribution >= 4 is 5.57 Å². The lowest BCUT2D eigenvalue weighted by Crippen LogP contribution is -2.31. The van der Waals surface area contributed by atoms with Crippen molar-refractivity contribution in [3.8, 4) is 17.0 Å². The summed E-state index contributed by atoms with van der Waals surface area (Å²) in [7, 11) is 1.51. The summed E-state index contributed by atoms with van der Waals surface area (Å²) in [5, 5.41) is 0. The summed E-state index contributed by atoms with van der Waals surface area (Å²) in [6.07, 6.45) is 12.7. The Morgan fingerprint density at radius 3 is 2.43 bits per heavy atom. The first-order valence-electron chi connectivity index (χ1n) is 10.4. The van der Waals surface area contributed by atoms with Gasteiger partial charge in [-0.15, -0.1) is 0 Å². The van der Waals surface area contributed by atoms with Gasteiger partial charge in [0.15, 0.2) is 0 Å². The summed E-state index contributed by atoms with van der Waals surface area (Å²) in [5.74, 6) is -0.499. The SMILES string of the molecule is COc1ccc(-c2cc(F)c(C3=CCC=C(C(C)N4CCCC4)C=C3)cc2F)cn1. The third-order valence-corrected chi connectivity index (χ3v) is 5.94. The fraction of sp³-hybridized carbons (Fsp3) is 0.320. The number of likely N-dealkylation sites (tertiary alicyclic amines) is 1. The zero-order chi connectivity index (χ0) is 21.1. The molecule has 0 saturated carbocycles. The van der Waals surface area contributed by atoms with Crippen LogP contribution in [0.15, 0.2) is 60.3 Å². The van der Waals surface area contributed by atoms with Crippen molar-refractivity contribution in [1.82, 2.24) is 9.88 Å². The van der Waals surface area contributed by atoms with Gasteiger partial charge in [0, 0.05) is 35.0 Å². The van der Waals surface area contributed by atoms with Crippen LogP contribution in [0.2, 0.25) is 0 Å². The summed E-state index contributed by atoms with van der Waals surface area (Å²) in [5.41, 5.74) is 2.90. The minimum Gasteiger partial charge on any atom is -0.481 e. The van der Waals surface area contributed by atoms with E-state index in [0.717, 1.165) is 13.1 Å². The predicted octanol–water partition coefficient (Wildman–Crippen LogP) is 5.79. The highest BCUT2D eigenvalue weighted by Gasteiger charge is 2.21. The van der Waals surface area contributed by atoms with E-state index in [-0.39, 0.29) is 11.1 Å². The smallest absolute Gasteiger partial charge is 0.212 e. The van der Waals surface area contributed by atoms with Crippen molar-refractivity contribution in [2.24, 2.45) is 0 Å². The number of rotatable bonds is 5. The Hall–Kier alpha value is -2.79. The number of methoxy groups -OCH3 is 1. The minimum atomic E-state index is -0.476. The van der Waals surface area contributed by atoms with Crippen LogP contribution >= 0.6 is 0 Å². The Kier molecular flexibility index (Phi) is 6.09. The number of pyridine rings is 1. The number of hydrogen-bond acceptors (Lipinski definition) is 3. The molecule has 5 heteroatoms. The van der Waals surface area contributed by atoms with Crippen molar-refractivity contribution < 1.29 is 13.5 Å². The molecule has 1 fully saturated rings. The number of aromatic nitrogens is 1. The molecule has 0 spiro atoms. The first-order valence-corrected chi connectivity index (χ1v) is 10.4. The van der Waals surface area contributed by atoms with Crippen molar-refractivity contribution in [2.75, 3.05) is 20.2 Å². The third kappa shape index (κ3) is 4.21. The molecule has 1 atom stereocenters. The molecule has 0 amide bonds. The van der Waals surface area contributed by atoms with E-state index in [1.165, 1.54) is 43.9 Å². The van der Waals surface area contributed by atoms with Crippen LogP contribution in [0.25, 0.3) is 16.7 Å². The van der Waals surface area contributed by atoms with Crippen LogP contribution < -0.4 is 4.74 Å². The van der Waals surface area contributed by atoms with E-state index in [9.17, 15) is 8.78 Å². The molecule has 156 valence electrons. The van der Waals surface area contributed by atoms with Crippen LogP contribution in [0.3, 0.4) is 0 Å². The molecule has 1 aromatic heterocycles. The lowest BCUT2D eigenvalue weighted by Gasteiger charge is -2.24. The maximum absolute atomic E-state index is 15.0. The van der Waals surface area contributed by atoms with Crippen molar-refractivity contribution in [3.05, 3.63) is 77.5 Å². The molecule has 4 rings (SSSR count). The fourth-order valence-corrected chi connectivity index (χ4v) is 4.14. The van der Waals surface area contributed by atoms with Gasteiger partial charge in [0.1, 0.15) is 11.6 Å². The van der Waals surface area contributed by atoms with Gasteiger partial charge in [-0.1, -0.05) is 24.3 Å². The van der Waals surface area contributed by atoms with Gasteiger partial charge in [-0.25, -0.2) is 13.8 Å². The van der Waals surface area contributed by atoms with Crippen molar-refractivity contribution in [1.29, 1.82) is 0 Å².